The number of amides is 2. The summed E-state index contributed by atoms with van der Waals surface area (Å²) < 4.78 is 5.94. The van der Waals surface area contributed by atoms with Crippen LogP contribution in [-0.2, 0) is 6.54 Å². The number of carbonyl (C=O) groups excluding carboxylic acids is 1. The fourth-order valence-electron chi connectivity index (χ4n) is 2.96. The zero-order chi connectivity index (χ0) is 19.2. The first-order valence-electron chi connectivity index (χ1n) is 8.68. The van der Waals surface area contributed by atoms with E-state index in [0.717, 1.165) is 18.4 Å². The van der Waals surface area contributed by atoms with Crippen LogP contribution in [0.25, 0.3) is 0 Å². The third-order valence-electron chi connectivity index (χ3n) is 4.44. The lowest BCUT2D eigenvalue weighted by atomic mass is 10.1. The number of nitriles is 1. The zero-order valence-electron chi connectivity index (χ0n) is 14.6. The van der Waals surface area contributed by atoms with Crippen LogP contribution in [0, 0.1) is 11.3 Å². The van der Waals surface area contributed by atoms with Gasteiger partial charge in [-0.15, -0.1) is 0 Å². The fourth-order valence-corrected chi connectivity index (χ4v) is 3.43. The van der Waals surface area contributed by atoms with Crippen LogP contribution in [0.2, 0.25) is 10.0 Å². The van der Waals surface area contributed by atoms with Crippen molar-refractivity contribution in [3.63, 3.8) is 0 Å². The Bertz CT molecular complexity index is 859. The number of hydrogen-bond acceptors (Lipinski definition) is 3. The molecule has 2 aromatic rings. The van der Waals surface area contributed by atoms with Crippen molar-refractivity contribution in [2.75, 3.05) is 13.1 Å². The molecule has 2 aromatic carbocycles. The summed E-state index contributed by atoms with van der Waals surface area (Å²) in [6.07, 6.45) is 1.52. The smallest absolute Gasteiger partial charge is 0.317 e. The molecule has 2 amide bonds. The number of nitrogens with one attached hydrogen (secondary N) is 1. The Hall–Kier alpha value is -2.42. The Morgan fingerprint density at radius 1 is 1.22 bits per heavy atom. The van der Waals surface area contributed by atoms with E-state index in [-0.39, 0.29) is 12.1 Å². The van der Waals surface area contributed by atoms with E-state index >= 15 is 0 Å². The molecule has 0 radical (unpaired) electrons. The average Bonchev–Trinajstić information content (AvgIpc) is 2.68. The van der Waals surface area contributed by atoms with Crippen LogP contribution in [0.4, 0.5) is 4.79 Å². The Kier molecular flexibility index (Phi) is 6.44. The standard InChI is InChI=1S/C20H19Cl2N3O2/c21-16-5-4-15(19(22)11-16)13-24-20(26)25-8-6-17(7-9-25)27-18-3-1-2-14(10-18)12-23/h1-5,10-11,17H,6-9,13H2,(H,24,26). The number of ether oxygens (including phenoxy) is 1. The summed E-state index contributed by atoms with van der Waals surface area (Å²) in [4.78, 5) is 14.1. The second kappa shape index (κ2) is 8.98. The van der Waals surface area contributed by atoms with E-state index in [9.17, 15) is 4.79 Å². The minimum atomic E-state index is -0.119. The molecule has 1 fully saturated rings. The van der Waals surface area contributed by atoms with Crippen LogP contribution in [0.3, 0.4) is 0 Å². The van der Waals surface area contributed by atoms with E-state index in [1.54, 1.807) is 41.3 Å². The predicted octanol–water partition coefficient (Wildman–Crippen LogP) is 4.62. The Morgan fingerprint density at radius 3 is 2.70 bits per heavy atom. The first-order valence-corrected chi connectivity index (χ1v) is 9.44. The van der Waals surface area contributed by atoms with Crippen LogP contribution in [0.1, 0.15) is 24.0 Å². The summed E-state index contributed by atoms with van der Waals surface area (Å²) in [5.74, 6) is 0.689. The van der Waals surface area contributed by atoms with Gasteiger partial charge in [-0.25, -0.2) is 4.79 Å². The number of likely N-dealkylation sites (tertiary alicyclic amines) is 1. The van der Waals surface area contributed by atoms with Gasteiger partial charge < -0.3 is 15.0 Å². The average molecular weight is 404 g/mol. The molecule has 0 spiro atoms. The molecule has 1 N–H and O–H groups in total. The van der Waals surface area contributed by atoms with Gasteiger partial charge >= 0.3 is 6.03 Å². The first-order chi connectivity index (χ1) is 13.0. The molecule has 140 valence electrons. The number of nitrogens with zero attached hydrogens (tertiary/aromatic N) is 2. The Morgan fingerprint density at radius 2 is 2.00 bits per heavy atom. The van der Waals surface area contributed by atoms with Crippen LogP contribution < -0.4 is 10.1 Å². The highest BCUT2D eigenvalue weighted by atomic mass is 35.5. The van der Waals surface area contributed by atoms with Crippen LogP contribution in [0.5, 0.6) is 5.75 Å². The molecular formula is C20H19Cl2N3O2. The normalized spacial score (nSPS) is 14.5. The highest BCUT2D eigenvalue weighted by molar-refractivity contribution is 6.35. The monoisotopic (exact) mass is 403 g/mol. The number of hydrogen-bond donors (Lipinski definition) is 1. The van der Waals surface area contributed by atoms with E-state index in [0.29, 0.717) is 41.0 Å². The highest BCUT2D eigenvalue weighted by Crippen LogP contribution is 2.22. The molecule has 0 aliphatic carbocycles. The van der Waals surface area contributed by atoms with Crippen molar-refractivity contribution in [1.29, 1.82) is 5.26 Å². The summed E-state index contributed by atoms with van der Waals surface area (Å²) in [6, 6.07) is 14.3. The summed E-state index contributed by atoms with van der Waals surface area (Å²) >= 11 is 12.0. The van der Waals surface area contributed by atoms with Gasteiger partial charge in [-0.1, -0.05) is 35.3 Å². The highest BCUT2D eigenvalue weighted by Gasteiger charge is 2.24. The van der Waals surface area contributed by atoms with E-state index in [4.69, 9.17) is 33.2 Å². The molecule has 3 rings (SSSR count). The van der Waals surface area contributed by atoms with Gasteiger partial charge in [-0.3, -0.25) is 0 Å². The van der Waals surface area contributed by atoms with Crippen molar-refractivity contribution in [1.82, 2.24) is 10.2 Å². The van der Waals surface area contributed by atoms with Crippen molar-refractivity contribution in [2.24, 2.45) is 0 Å². The lowest BCUT2D eigenvalue weighted by molar-refractivity contribution is 0.111. The molecule has 1 saturated heterocycles. The Labute approximate surface area is 168 Å². The molecular weight excluding hydrogens is 385 g/mol. The zero-order valence-corrected chi connectivity index (χ0v) is 16.1. The van der Waals surface area contributed by atoms with E-state index in [1.807, 2.05) is 6.07 Å². The van der Waals surface area contributed by atoms with Crippen LogP contribution >= 0.6 is 23.2 Å². The molecule has 27 heavy (non-hydrogen) atoms. The fraction of sp³-hybridized carbons (Fsp3) is 0.300. The molecule has 0 bridgehead atoms. The molecule has 5 nitrogen and oxygen atoms in total. The van der Waals surface area contributed by atoms with Crippen LogP contribution in [0.15, 0.2) is 42.5 Å². The maximum Gasteiger partial charge on any atom is 0.317 e. The Balaban J connectivity index is 1.47. The number of urea groups is 1. The lowest BCUT2D eigenvalue weighted by Gasteiger charge is -2.32. The number of benzene rings is 2. The molecule has 0 aromatic heterocycles. The summed E-state index contributed by atoms with van der Waals surface area (Å²) in [7, 11) is 0. The van der Waals surface area contributed by atoms with Crippen molar-refractivity contribution in [2.45, 2.75) is 25.5 Å². The van der Waals surface area contributed by atoms with Crippen molar-refractivity contribution in [3.05, 3.63) is 63.6 Å². The molecule has 0 unspecified atom stereocenters. The number of carbonyl (C=O) groups is 1. The van der Waals surface area contributed by atoms with Crippen molar-refractivity contribution in [3.8, 4) is 11.8 Å². The number of piperidine rings is 1. The van der Waals surface area contributed by atoms with Crippen molar-refractivity contribution < 1.29 is 9.53 Å². The number of halogens is 2. The first kappa shape index (κ1) is 19.3. The van der Waals surface area contributed by atoms with Gasteiger partial charge in [0, 0.05) is 42.5 Å². The van der Waals surface area contributed by atoms with Gasteiger partial charge in [0.15, 0.2) is 0 Å². The predicted molar refractivity (Wildman–Crippen MR) is 105 cm³/mol. The lowest BCUT2D eigenvalue weighted by Crippen LogP contribution is -2.46. The largest absolute Gasteiger partial charge is 0.490 e. The summed E-state index contributed by atoms with van der Waals surface area (Å²) in [6.45, 7) is 1.58. The van der Waals surface area contributed by atoms with E-state index < -0.39 is 0 Å². The maximum atomic E-state index is 12.4. The van der Waals surface area contributed by atoms with E-state index in [2.05, 4.69) is 11.4 Å². The molecule has 1 heterocycles. The molecule has 1 aliphatic rings. The molecule has 1 aliphatic heterocycles. The quantitative estimate of drug-likeness (QED) is 0.809. The van der Waals surface area contributed by atoms with Crippen LogP contribution in [-0.4, -0.2) is 30.1 Å². The topological polar surface area (TPSA) is 65.4 Å². The van der Waals surface area contributed by atoms with Gasteiger partial charge in [0.1, 0.15) is 11.9 Å². The molecule has 7 heteroatoms. The summed E-state index contributed by atoms with van der Waals surface area (Å²) in [5, 5.41) is 13.0. The van der Waals surface area contributed by atoms with Gasteiger partial charge in [0.25, 0.3) is 0 Å². The van der Waals surface area contributed by atoms with Crippen molar-refractivity contribution >= 4 is 29.2 Å². The number of rotatable bonds is 4. The molecule has 0 saturated carbocycles. The third kappa shape index (κ3) is 5.29. The third-order valence-corrected chi connectivity index (χ3v) is 5.03. The SMILES string of the molecule is N#Cc1cccc(OC2CCN(C(=O)NCc3ccc(Cl)cc3Cl)CC2)c1. The van der Waals surface area contributed by atoms with Gasteiger partial charge in [0.05, 0.1) is 11.6 Å². The maximum absolute atomic E-state index is 12.4. The van der Waals surface area contributed by atoms with Gasteiger partial charge in [-0.05, 0) is 35.9 Å². The minimum Gasteiger partial charge on any atom is -0.490 e. The van der Waals surface area contributed by atoms with Gasteiger partial charge in [0.2, 0.25) is 0 Å². The summed E-state index contributed by atoms with van der Waals surface area (Å²) in [5.41, 5.74) is 1.40. The van der Waals surface area contributed by atoms with E-state index in [1.165, 1.54) is 0 Å². The second-order valence-electron chi connectivity index (χ2n) is 6.34. The van der Waals surface area contributed by atoms with Gasteiger partial charge in [-0.2, -0.15) is 5.26 Å². The molecule has 0 atom stereocenters. The second-order valence-corrected chi connectivity index (χ2v) is 7.18. The minimum absolute atomic E-state index is 0.0358.